The molecule has 2 N–H and O–H groups in total. The van der Waals surface area contributed by atoms with Gasteiger partial charge in [-0.25, -0.2) is 4.98 Å². The molecule has 0 atom stereocenters. The van der Waals surface area contributed by atoms with Gasteiger partial charge in [0, 0.05) is 16.0 Å². The number of amides is 1. The molecule has 0 bridgehead atoms. The van der Waals surface area contributed by atoms with Crippen molar-refractivity contribution in [3.05, 3.63) is 64.8 Å². The van der Waals surface area contributed by atoms with Crippen molar-refractivity contribution in [1.82, 2.24) is 4.98 Å². The van der Waals surface area contributed by atoms with Crippen LogP contribution in [0.5, 0.6) is 0 Å². The van der Waals surface area contributed by atoms with E-state index in [2.05, 4.69) is 4.98 Å². The van der Waals surface area contributed by atoms with Crippen LogP contribution in [-0.2, 0) is 0 Å². The van der Waals surface area contributed by atoms with E-state index in [0.717, 1.165) is 21.9 Å². The standard InChI is InChI=1S/C17H13ClN2O/c1-10-6-7-11-9-15(17(19)21)20-16(13(11)8-10)12-4-2-3-5-14(12)18/h2-9H,1H3,(H2,19,21). The number of benzene rings is 2. The van der Waals surface area contributed by atoms with E-state index >= 15 is 0 Å². The summed E-state index contributed by atoms with van der Waals surface area (Å²) in [5, 5.41) is 2.46. The number of nitrogens with zero attached hydrogens (tertiary/aromatic N) is 1. The highest BCUT2D eigenvalue weighted by molar-refractivity contribution is 6.33. The topological polar surface area (TPSA) is 56.0 Å². The zero-order chi connectivity index (χ0) is 15.0. The Kier molecular flexibility index (Phi) is 3.35. The highest BCUT2D eigenvalue weighted by atomic mass is 35.5. The van der Waals surface area contributed by atoms with Crippen molar-refractivity contribution in [1.29, 1.82) is 0 Å². The quantitative estimate of drug-likeness (QED) is 0.778. The number of aromatic nitrogens is 1. The number of fused-ring (bicyclic) bond motifs is 1. The summed E-state index contributed by atoms with van der Waals surface area (Å²) in [5.41, 5.74) is 8.20. The van der Waals surface area contributed by atoms with E-state index in [4.69, 9.17) is 17.3 Å². The third-order valence-corrected chi connectivity index (χ3v) is 3.70. The second kappa shape index (κ2) is 5.19. The van der Waals surface area contributed by atoms with Crippen LogP contribution in [-0.4, -0.2) is 10.9 Å². The molecule has 1 amide bonds. The molecule has 104 valence electrons. The van der Waals surface area contributed by atoms with Gasteiger partial charge >= 0.3 is 0 Å². The van der Waals surface area contributed by atoms with Gasteiger partial charge in [0.15, 0.2) is 0 Å². The third kappa shape index (κ3) is 2.48. The molecule has 0 saturated heterocycles. The van der Waals surface area contributed by atoms with Crippen LogP contribution < -0.4 is 5.73 Å². The number of primary amides is 1. The van der Waals surface area contributed by atoms with Crippen LogP contribution in [0.2, 0.25) is 5.02 Å². The molecule has 0 saturated carbocycles. The fourth-order valence-corrected chi connectivity index (χ4v) is 2.57. The minimum Gasteiger partial charge on any atom is -0.364 e. The maximum Gasteiger partial charge on any atom is 0.267 e. The van der Waals surface area contributed by atoms with Gasteiger partial charge in [-0.3, -0.25) is 4.79 Å². The smallest absolute Gasteiger partial charge is 0.267 e. The third-order valence-electron chi connectivity index (χ3n) is 3.37. The molecule has 0 aliphatic heterocycles. The van der Waals surface area contributed by atoms with Gasteiger partial charge in [-0.2, -0.15) is 0 Å². The lowest BCUT2D eigenvalue weighted by Gasteiger charge is -2.10. The molecule has 3 aromatic rings. The first kappa shape index (κ1) is 13.6. The van der Waals surface area contributed by atoms with Crippen molar-refractivity contribution >= 4 is 28.3 Å². The van der Waals surface area contributed by atoms with Gasteiger partial charge in [-0.05, 0) is 30.5 Å². The average Bonchev–Trinajstić information content (AvgIpc) is 2.47. The molecule has 1 aromatic heterocycles. The normalized spacial score (nSPS) is 10.8. The number of hydrogen-bond donors (Lipinski definition) is 1. The summed E-state index contributed by atoms with van der Waals surface area (Å²) in [6, 6.07) is 15.1. The number of carbonyl (C=O) groups excluding carboxylic acids is 1. The minimum absolute atomic E-state index is 0.237. The number of hydrogen-bond acceptors (Lipinski definition) is 2. The van der Waals surface area contributed by atoms with Crippen LogP contribution in [0.15, 0.2) is 48.5 Å². The van der Waals surface area contributed by atoms with Crippen LogP contribution in [0.1, 0.15) is 16.1 Å². The monoisotopic (exact) mass is 296 g/mol. The molecule has 0 fully saturated rings. The van der Waals surface area contributed by atoms with Gasteiger partial charge in [0.05, 0.1) is 5.69 Å². The lowest BCUT2D eigenvalue weighted by Crippen LogP contribution is -2.13. The van der Waals surface area contributed by atoms with Crippen molar-refractivity contribution in [3.8, 4) is 11.3 Å². The summed E-state index contributed by atoms with van der Waals surface area (Å²) in [7, 11) is 0. The van der Waals surface area contributed by atoms with Crippen molar-refractivity contribution < 1.29 is 4.79 Å². The zero-order valence-corrected chi connectivity index (χ0v) is 12.2. The fourth-order valence-electron chi connectivity index (χ4n) is 2.35. The van der Waals surface area contributed by atoms with Gasteiger partial charge in [0.1, 0.15) is 5.69 Å². The maximum absolute atomic E-state index is 11.5. The molecule has 0 radical (unpaired) electrons. The summed E-state index contributed by atoms with van der Waals surface area (Å²) >= 11 is 6.27. The predicted molar refractivity (Wildman–Crippen MR) is 85.4 cm³/mol. The molecular weight excluding hydrogens is 284 g/mol. The molecule has 0 spiro atoms. The summed E-state index contributed by atoms with van der Waals surface area (Å²) in [6.45, 7) is 2.01. The largest absolute Gasteiger partial charge is 0.364 e. The van der Waals surface area contributed by atoms with E-state index in [-0.39, 0.29) is 5.69 Å². The second-order valence-electron chi connectivity index (χ2n) is 4.92. The van der Waals surface area contributed by atoms with E-state index < -0.39 is 5.91 Å². The lowest BCUT2D eigenvalue weighted by atomic mass is 10.0. The Morgan fingerprint density at radius 2 is 1.90 bits per heavy atom. The molecule has 1 heterocycles. The van der Waals surface area contributed by atoms with Crippen molar-refractivity contribution in [2.75, 3.05) is 0 Å². The van der Waals surface area contributed by atoms with Crippen LogP contribution in [0.3, 0.4) is 0 Å². The average molecular weight is 297 g/mol. The van der Waals surface area contributed by atoms with Crippen molar-refractivity contribution in [3.63, 3.8) is 0 Å². The molecule has 2 aromatic carbocycles. The maximum atomic E-state index is 11.5. The van der Waals surface area contributed by atoms with Crippen LogP contribution in [0.25, 0.3) is 22.0 Å². The van der Waals surface area contributed by atoms with E-state index in [9.17, 15) is 4.79 Å². The van der Waals surface area contributed by atoms with E-state index in [0.29, 0.717) is 10.7 Å². The Balaban J connectivity index is 2.41. The first-order valence-corrected chi connectivity index (χ1v) is 6.90. The summed E-state index contributed by atoms with van der Waals surface area (Å²) in [5.74, 6) is -0.550. The van der Waals surface area contributed by atoms with Gasteiger partial charge in [-0.1, -0.05) is 47.5 Å². The Hall–Kier alpha value is -2.39. The summed E-state index contributed by atoms with van der Waals surface area (Å²) < 4.78 is 0. The zero-order valence-electron chi connectivity index (χ0n) is 11.4. The van der Waals surface area contributed by atoms with Gasteiger partial charge in [0.2, 0.25) is 0 Å². The Morgan fingerprint density at radius 1 is 1.14 bits per heavy atom. The number of rotatable bonds is 2. The van der Waals surface area contributed by atoms with Gasteiger partial charge in [-0.15, -0.1) is 0 Å². The van der Waals surface area contributed by atoms with Crippen molar-refractivity contribution in [2.45, 2.75) is 6.92 Å². The number of halogens is 1. The SMILES string of the molecule is Cc1ccc2cc(C(N)=O)nc(-c3ccccc3Cl)c2c1. The number of aryl methyl sites for hydroxylation is 1. The molecule has 3 nitrogen and oxygen atoms in total. The summed E-state index contributed by atoms with van der Waals surface area (Å²) in [6.07, 6.45) is 0. The number of carbonyl (C=O) groups is 1. The second-order valence-corrected chi connectivity index (χ2v) is 5.33. The van der Waals surface area contributed by atoms with E-state index in [1.807, 2.05) is 43.3 Å². The Labute approximate surface area is 127 Å². The lowest BCUT2D eigenvalue weighted by molar-refractivity contribution is 0.0996. The van der Waals surface area contributed by atoms with Gasteiger partial charge in [0.25, 0.3) is 5.91 Å². The number of pyridine rings is 1. The minimum atomic E-state index is -0.550. The first-order valence-electron chi connectivity index (χ1n) is 6.52. The first-order chi connectivity index (χ1) is 10.1. The number of nitrogens with two attached hydrogens (primary N) is 1. The van der Waals surface area contributed by atoms with E-state index in [1.165, 1.54) is 0 Å². The Morgan fingerprint density at radius 3 is 2.62 bits per heavy atom. The molecule has 0 unspecified atom stereocenters. The molecule has 0 aliphatic rings. The predicted octanol–water partition coefficient (Wildman–Crippen LogP) is 3.96. The fraction of sp³-hybridized carbons (Fsp3) is 0.0588. The molecule has 21 heavy (non-hydrogen) atoms. The van der Waals surface area contributed by atoms with Gasteiger partial charge < -0.3 is 5.73 Å². The molecule has 3 rings (SSSR count). The molecule has 0 aliphatic carbocycles. The highest BCUT2D eigenvalue weighted by Crippen LogP contribution is 2.32. The molecular formula is C17H13ClN2O. The Bertz CT molecular complexity index is 859. The van der Waals surface area contributed by atoms with Crippen molar-refractivity contribution in [2.24, 2.45) is 5.73 Å². The summed E-state index contributed by atoms with van der Waals surface area (Å²) in [4.78, 5) is 15.9. The van der Waals surface area contributed by atoms with Crippen LogP contribution in [0, 0.1) is 6.92 Å². The van der Waals surface area contributed by atoms with Crippen LogP contribution in [0.4, 0.5) is 0 Å². The highest BCUT2D eigenvalue weighted by Gasteiger charge is 2.13. The van der Waals surface area contributed by atoms with E-state index in [1.54, 1.807) is 12.1 Å². The molecule has 4 heteroatoms. The van der Waals surface area contributed by atoms with Crippen LogP contribution >= 0.6 is 11.6 Å².